The zero-order valence-corrected chi connectivity index (χ0v) is 17.1. The number of para-hydroxylation sites is 1. The maximum atomic E-state index is 12.8. The number of carbonyl (C=O) groups excluding carboxylic acids is 1. The summed E-state index contributed by atoms with van der Waals surface area (Å²) in [5, 5.41) is 4.76. The second-order valence-electron chi connectivity index (χ2n) is 7.25. The Morgan fingerprint density at radius 2 is 2.00 bits per heavy atom. The molecule has 0 unspecified atom stereocenters. The second kappa shape index (κ2) is 7.57. The molecular formula is C20H23N3O5S. The van der Waals surface area contributed by atoms with Gasteiger partial charge < -0.3 is 19.4 Å². The molecule has 0 aliphatic carbocycles. The van der Waals surface area contributed by atoms with Crippen molar-refractivity contribution in [3.63, 3.8) is 0 Å². The summed E-state index contributed by atoms with van der Waals surface area (Å²) in [5.74, 6) is 0.528. The second-order valence-corrected chi connectivity index (χ2v) is 9.03. The van der Waals surface area contributed by atoms with Gasteiger partial charge >= 0.3 is 6.03 Å². The fourth-order valence-corrected chi connectivity index (χ4v) is 4.57. The number of anilines is 1. The first kappa shape index (κ1) is 19.5. The van der Waals surface area contributed by atoms with Crippen molar-refractivity contribution in [2.45, 2.75) is 18.9 Å². The predicted octanol–water partition coefficient (Wildman–Crippen LogP) is 3.14. The summed E-state index contributed by atoms with van der Waals surface area (Å²) in [4.78, 5) is 14.4. The third-order valence-corrected chi connectivity index (χ3v) is 5.79. The lowest BCUT2D eigenvalue weighted by molar-refractivity contribution is 0.190. The number of piperidine rings is 1. The average Bonchev–Trinajstić information content (AvgIpc) is 3.03. The lowest BCUT2D eigenvalue weighted by Crippen LogP contribution is -2.50. The number of hydrogen-bond donors (Lipinski definition) is 2. The molecule has 4 rings (SSSR count). The molecule has 2 heterocycles. The summed E-state index contributed by atoms with van der Waals surface area (Å²) in [6.45, 7) is 0.872. The Labute approximate surface area is 168 Å². The highest BCUT2D eigenvalue weighted by Crippen LogP contribution is 2.36. The van der Waals surface area contributed by atoms with Crippen molar-refractivity contribution in [2.24, 2.45) is 0 Å². The number of furan rings is 1. The number of nitrogens with one attached hydrogen (secondary N) is 2. The summed E-state index contributed by atoms with van der Waals surface area (Å²) in [7, 11) is -1.77. The topological polar surface area (TPSA) is 101 Å². The monoisotopic (exact) mass is 417 g/mol. The van der Waals surface area contributed by atoms with Crippen molar-refractivity contribution >= 4 is 43.7 Å². The minimum atomic E-state index is -3.32. The fourth-order valence-electron chi connectivity index (χ4n) is 3.77. The number of hydrogen-bond acceptors (Lipinski definition) is 5. The zero-order chi connectivity index (χ0) is 20.6. The molecule has 1 atom stereocenters. The molecule has 8 nitrogen and oxygen atoms in total. The standard InChI is InChI=1S/C20H23N3O5S/c1-27-19-10-15-14-7-3-4-8-17(14)28-18(15)11-16(19)21-20(24)23-9-5-6-13(12-23)22-29(2,25)26/h3-4,7-8,10-11,13,22H,5-6,9,12H2,1-2H3,(H,21,24)/t13-/m0/s1. The number of urea groups is 1. The summed E-state index contributed by atoms with van der Waals surface area (Å²) in [5.41, 5.74) is 1.92. The number of carbonyl (C=O) groups is 1. The molecule has 1 saturated heterocycles. The Bertz CT molecular complexity index is 1170. The molecule has 2 aromatic carbocycles. The van der Waals surface area contributed by atoms with Crippen molar-refractivity contribution in [1.29, 1.82) is 0 Å². The Morgan fingerprint density at radius 3 is 2.76 bits per heavy atom. The number of sulfonamides is 1. The summed E-state index contributed by atoms with van der Waals surface area (Å²) < 4.78 is 36.9. The van der Waals surface area contributed by atoms with Crippen LogP contribution in [0, 0.1) is 0 Å². The number of methoxy groups -OCH3 is 1. The molecule has 2 N–H and O–H groups in total. The van der Waals surface area contributed by atoms with Crippen LogP contribution in [0.15, 0.2) is 40.8 Å². The quantitative estimate of drug-likeness (QED) is 0.679. The number of nitrogens with zero attached hydrogens (tertiary/aromatic N) is 1. The zero-order valence-electron chi connectivity index (χ0n) is 16.3. The number of likely N-dealkylation sites (tertiary alicyclic amines) is 1. The van der Waals surface area contributed by atoms with E-state index in [1.165, 1.54) is 0 Å². The lowest BCUT2D eigenvalue weighted by atomic mass is 10.1. The van der Waals surface area contributed by atoms with Crippen molar-refractivity contribution in [3.05, 3.63) is 36.4 Å². The van der Waals surface area contributed by atoms with E-state index in [2.05, 4.69) is 10.0 Å². The molecule has 3 aromatic rings. The molecule has 1 aromatic heterocycles. The van der Waals surface area contributed by atoms with Crippen molar-refractivity contribution < 1.29 is 22.4 Å². The Balaban J connectivity index is 1.58. The van der Waals surface area contributed by atoms with Crippen molar-refractivity contribution in [2.75, 3.05) is 31.8 Å². The fraction of sp³-hybridized carbons (Fsp3) is 0.350. The van der Waals surface area contributed by atoms with Gasteiger partial charge in [0.1, 0.15) is 16.9 Å². The molecule has 0 saturated carbocycles. The van der Waals surface area contributed by atoms with Gasteiger partial charge in [-0.1, -0.05) is 18.2 Å². The molecule has 0 bridgehead atoms. The third kappa shape index (κ3) is 4.15. The largest absolute Gasteiger partial charge is 0.495 e. The van der Waals surface area contributed by atoms with Crippen LogP contribution >= 0.6 is 0 Å². The molecule has 2 amide bonds. The van der Waals surface area contributed by atoms with Gasteiger partial charge in [-0.3, -0.25) is 0 Å². The molecule has 0 radical (unpaired) electrons. The first-order chi connectivity index (χ1) is 13.8. The van der Waals surface area contributed by atoms with E-state index in [-0.39, 0.29) is 12.1 Å². The highest BCUT2D eigenvalue weighted by molar-refractivity contribution is 7.88. The SMILES string of the molecule is COc1cc2c(cc1NC(=O)N1CCC[C@H](NS(C)(=O)=O)C1)oc1ccccc12. The van der Waals surface area contributed by atoms with E-state index in [4.69, 9.17) is 9.15 Å². The van der Waals surface area contributed by atoms with Gasteiger partial charge in [0.2, 0.25) is 10.0 Å². The highest BCUT2D eigenvalue weighted by atomic mass is 32.2. The van der Waals surface area contributed by atoms with Gasteiger partial charge in [0.05, 0.1) is 19.1 Å². The van der Waals surface area contributed by atoms with Crippen molar-refractivity contribution in [1.82, 2.24) is 9.62 Å². The molecule has 29 heavy (non-hydrogen) atoms. The lowest BCUT2D eigenvalue weighted by Gasteiger charge is -2.32. The Morgan fingerprint density at radius 1 is 1.21 bits per heavy atom. The Kier molecular flexibility index (Phi) is 5.10. The van der Waals surface area contributed by atoms with E-state index in [1.54, 1.807) is 18.1 Å². The molecule has 154 valence electrons. The van der Waals surface area contributed by atoms with E-state index in [0.717, 1.165) is 29.0 Å². The van der Waals surface area contributed by atoms with Crippen molar-refractivity contribution in [3.8, 4) is 5.75 Å². The average molecular weight is 417 g/mol. The van der Waals surface area contributed by atoms with Gasteiger partial charge in [0.25, 0.3) is 0 Å². The van der Waals surface area contributed by atoms with Crippen LogP contribution in [-0.4, -0.2) is 51.8 Å². The number of ether oxygens (including phenoxy) is 1. The number of benzene rings is 2. The first-order valence-electron chi connectivity index (χ1n) is 9.36. The van der Waals surface area contributed by atoms with Crippen LogP contribution in [0.1, 0.15) is 12.8 Å². The molecule has 1 aliphatic rings. The molecule has 0 spiro atoms. The van der Waals surface area contributed by atoms with E-state index in [0.29, 0.717) is 36.5 Å². The van der Waals surface area contributed by atoms with Gasteiger partial charge in [-0.2, -0.15) is 0 Å². The van der Waals surface area contributed by atoms with E-state index in [1.807, 2.05) is 30.3 Å². The normalized spacial score (nSPS) is 17.6. The first-order valence-corrected chi connectivity index (χ1v) is 11.3. The van der Waals surface area contributed by atoms with Crippen LogP contribution in [0.5, 0.6) is 5.75 Å². The van der Waals surface area contributed by atoms with Crippen LogP contribution in [0.25, 0.3) is 21.9 Å². The third-order valence-electron chi connectivity index (χ3n) is 5.03. The maximum absolute atomic E-state index is 12.8. The van der Waals surface area contributed by atoms with Gasteiger partial charge in [-0.05, 0) is 25.0 Å². The number of rotatable bonds is 4. The van der Waals surface area contributed by atoms with Gasteiger partial charge in [-0.15, -0.1) is 0 Å². The minimum Gasteiger partial charge on any atom is -0.495 e. The summed E-state index contributed by atoms with van der Waals surface area (Å²) >= 11 is 0. The van der Waals surface area contributed by atoms with E-state index in [9.17, 15) is 13.2 Å². The number of amides is 2. The maximum Gasteiger partial charge on any atom is 0.322 e. The van der Waals surface area contributed by atoms with Crippen LogP contribution in [0.4, 0.5) is 10.5 Å². The predicted molar refractivity (Wildman–Crippen MR) is 112 cm³/mol. The summed E-state index contributed by atoms with van der Waals surface area (Å²) in [6, 6.07) is 10.7. The molecule has 1 fully saturated rings. The van der Waals surface area contributed by atoms with E-state index >= 15 is 0 Å². The van der Waals surface area contributed by atoms with Crippen LogP contribution in [-0.2, 0) is 10.0 Å². The van der Waals surface area contributed by atoms with Gasteiger partial charge in [0.15, 0.2) is 0 Å². The minimum absolute atomic E-state index is 0.288. The van der Waals surface area contributed by atoms with Crippen LogP contribution < -0.4 is 14.8 Å². The molecular weight excluding hydrogens is 394 g/mol. The van der Waals surface area contributed by atoms with Crippen LogP contribution in [0.3, 0.4) is 0 Å². The highest BCUT2D eigenvalue weighted by Gasteiger charge is 2.26. The van der Waals surface area contributed by atoms with Crippen LogP contribution in [0.2, 0.25) is 0 Å². The van der Waals surface area contributed by atoms with Gasteiger partial charge in [0, 0.05) is 36.0 Å². The Hall–Kier alpha value is -2.78. The smallest absolute Gasteiger partial charge is 0.322 e. The molecule has 9 heteroatoms. The summed E-state index contributed by atoms with van der Waals surface area (Å²) in [6.07, 6.45) is 2.55. The molecule has 1 aliphatic heterocycles. The van der Waals surface area contributed by atoms with E-state index < -0.39 is 10.0 Å². The number of fused-ring (bicyclic) bond motifs is 3. The van der Waals surface area contributed by atoms with Gasteiger partial charge in [-0.25, -0.2) is 17.9 Å².